The molecule has 0 aliphatic carbocycles. The zero-order valence-electron chi connectivity index (χ0n) is 16.6. The molecule has 29 heavy (non-hydrogen) atoms. The van der Waals surface area contributed by atoms with E-state index in [4.69, 9.17) is 14.1 Å². The minimum atomic E-state index is -0.0278. The lowest BCUT2D eigenvalue weighted by atomic mass is 10.1. The van der Waals surface area contributed by atoms with Crippen LogP contribution in [0.25, 0.3) is 10.2 Å². The second-order valence-corrected chi connectivity index (χ2v) is 7.94. The third-order valence-electron chi connectivity index (χ3n) is 5.01. The smallest absolute Gasteiger partial charge is 0.233 e. The molecule has 4 rings (SSSR count). The molecule has 0 saturated heterocycles. The van der Waals surface area contributed by atoms with Crippen molar-refractivity contribution in [1.82, 2.24) is 4.98 Å². The summed E-state index contributed by atoms with van der Waals surface area (Å²) < 4.78 is 11.8. The lowest BCUT2D eigenvalue weighted by molar-refractivity contribution is -0.118. The predicted molar refractivity (Wildman–Crippen MR) is 116 cm³/mol. The Labute approximate surface area is 173 Å². The number of fused-ring (bicyclic) bond motifs is 1. The number of carbonyl (C=O) groups is 1. The van der Waals surface area contributed by atoms with Crippen LogP contribution >= 0.6 is 11.3 Å². The summed E-state index contributed by atoms with van der Waals surface area (Å²) in [6, 6.07) is 15.4. The number of aryl methyl sites for hydroxylation is 2. The number of aromatic nitrogens is 1. The summed E-state index contributed by atoms with van der Waals surface area (Å²) in [7, 11) is 1.63. The zero-order chi connectivity index (χ0) is 20.4. The number of hydrogen-bond donors (Lipinski definition) is 0. The number of anilines is 1. The van der Waals surface area contributed by atoms with Crippen molar-refractivity contribution in [1.29, 1.82) is 0 Å². The maximum atomic E-state index is 13.2. The Bertz CT molecular complexity index is 1130. The molecule has 0 spiro atoms. The summed E-state index contributed by atoms with van der Waals surface area (Å²) in [4.78, 5) is 19.8. The molecule has 0 aliphatic heterocycles. The monoisotopic (exact) mass is 406 g/mol. The minimum Gasteiger partial charge on any atom is -0.497 e. The summed E-state index contributed by atoms with van der Waals surface area (Å²) in [5.41, 5.74) is 4.21. The highest BCUT2D eigenvalue weighted by Gasteiger charge is 2.22. The average molecular weight is 407 g/mol. The number of thiazole rings is 1. The average Bonchev–Trinajstić information content (AvgIpc) is 3.39. The SMILES string of the molecule is COc1ccc(CC(=O)N(Cc2ccco2)c2nc3c(C)c(C)ccc3s2)cc1. The molecule has 0 fully saturated rings. The van der Waals surface area contributed by atoms with E-state index in [1.165, 1.54) is 16.9 Å². The first kappa shape index (κ1) is 19.2. The van der Waals surface area contributed by atoms with Gasteiger partial charge in [0.05, 0.1) is 36.6 Å². The third-order valence-corrected chi connectivity index (χ3v) is 6.06. The van der Waals surface area contributed by atoms with Crippen molar-refractivity contribution in [3.05, 3.63) is 77.2 Å². The van der Waals surface area contributed by atoms with Crippen molar-refractivity contribution in [3.63, 3.8) is 0 Å². The Morgan fingerprint density at radius 2 is 1.93 bits per heavy atom. The minimum absolute atomic E-state index is 0.0278. The van der Waals surface area contributed by atoms with E-state index in [9.17, 15) is 4.79 Å². The van der Waals surface area contributed by atoms with Gasteiger partial charge >= 0.3 is 0 Å². The van der Waals surface area contributed by atoms with Gasteiger partial charge in [0, 0.05) is 0 Å². The maximum Gasteiger partial charge on any atom is 0.233 e. The number of furan rings is 1. The van der Waals surface area contributed by atoms with Crippen molar-refractivity contribution < 1.29 is 13.9 Å². The summed E-state index contributed by atoms with van der Waals surface area (Å²) in [5.74, 6) is 1.46. The Kier molecular flexibility index (Phi) is 5.36. The van der Waals surface area contributed by atoms with Crippen LogP contribution in [0.2, 0.25) is 0 Å². The molecule has 0 bridgehead atoms. The van der Waals surface area contributed by atoms with E-state index < -0.39 is 0 Å². The van der Waals surface area contributed by atoms with Crippen molar-refractivity contribution in [2.75, 3.05) is 12.0 Å². The molecule has 148 valence electrons. The van der Waals surface area contributed by atoms with Crippen LogP contribution in [-0.2, 0) is 17.8 Å². The fraction of sp³-hybridized carbons (Fsp3) is 0.217. The van der Waals surface area contributed by atoms with Crippen LogP contribution in [0.3, 0.4) is 0 Å². The van der Waals surface area contributed by atoms with Gasteiger partial charge in [-0.15, -0.1) is 0 Å². The quantitative estimate of drug-likeness (QED) is 0.436. The fourth-order valence-corrected chi connectivity index (χ4v) is 4.21. The lowest BCUT2D eigenvalue weighted by Crippen LogP contribution is -2.31. The largest absolute Gasteiger partial charge is 0.497 e. The standard InChI is InChI=1S/C23H22N2O3S/c1-15-6-11-20-22(16(15)2)24-23(29-20)25(14-19-5-4-12-28-19)21(26)13-17-7-9-18(27-3)10-8-17/h4-12H,13-14H2,1-3H3. The number of rotatable bonds is 6. The van der Waals surface area contributed by atoms with Gasteiger partial charge in [-0.2, -0.15) is 0 Å². The predicted octanol–water partition coefficient (Wildman–Crippen LogP) is 5.29. The second-order valence-electron chi connectivity index (χ2n) is 6.93. The molecule has 0 unspecified atom stereocenters. The molecule has 2 heterocycles. The molecule has 0 atom stereocenters. The number of nitrogens with zero attached hydrogens (tertiary/aromatic N) is 2. The van der Waals surface area contributed by atoms with Gasteiger partial charge in [-0.25, -0.2) is 4.98 Å². The van der Waals surface area contributed by atoms with Gasteiger partial charge in [-0.1, -0.05) is 29.5 Å². The topological polar surface area (TPSA) is 55.6 Å². The molecular formula is C23H22N2O3S. The molecule has 0 saturated carbocycles. The van der Waals surface area contributed by atoms with Gasteiger partial charge in [-0.05, 0) is 60.9 Å². The normalized spacial score (nSPS) is 11.0. The van der Waals surface area contributed by atoms with Crippen LogP contribution in [0.15, 0.2) is 59.2 Å². The summed E-state index contributed by atoms with van der Waals surface area (Å²) in [6.07, 6.45) is 1.89. The first-order chi connectivity index (χ1) is 14.0. The molecule has 2 aromatic heterocycles. The highest BCUT2D eigenvalue weighted by Crippen LogP contribution is 2.33. The van der Waals surface area contributed by atoms with E-state index in [0.717, 1.165) is 32.9 Å². The van der Waals surface area contributed by atoms with Crippen molar-refractivity contribution in [2.45, 2.75) is 26.8 Å². The van der Waals surface area contributed by atoms with E-state index >= 15 is 0 Å². The van der Waals surface area contributed by atoms with E-state index in [0.29, 0.717) is 11.7 Å². The van der Waals surface area contributed by atoms with Crippen molar-refractivity contribution in [3.8, 4) is 5.75 Å². The lowest BCUT2D eigenvalue weighted by Gasteiger charge is -2.19. The third kappa shape index (κ3) is 4.03. The fourth-order valence-electron chi connectivity index (χ4n) is 3.16. The Morgan fingerprint density at radius 3 is 2.62 bits per heavy atom. The maximum absolute atomic E-state index is 13.2. The highest BCUT2D eigenvalue weighted by atomic mass is 32.1. The number of ether oxygens (including phenoxy) is 1. The van der Waals surface area contributed by atoms with E-state index in [2.05, 4.69) is 26.0 Å². The number of carbonyl (C=O) groups excluding carboxylic acids is 1. The van der Waals surface area contributed by atoms with E-state index in [1.54, 1.807) is 18.3 Å². The molecular weight excluding hydrogens is 384 g/mol. The first-order valence-corrected chi connectivity index (χ1v) is 10.2. The van der Waals surface area contributed by atoms with Gasteiger partial charge in [0.2, 0.25) is 5.91 Å². The van der Waals surface area contributed by atoms with Crippen LogP contribution in [0, 0.1) is 13.8 Å². The van der Waals surface area contributed by atoms with Crippen molar-refractivity contribution in [2.24, 2.45) is 0 Å². The number of hydrogen-bond acceptors (Lipinski definition) is 5. The molecule has 4 aromatic rings. The van der Waals surface area contributed by atoms with Crippen molar-refractivity contribution >= 4 is 32.6 Å². The molecule has 1 amide bonds. The Hall–Kier alpha value is -3.12. The Morgan fingerprint density at radius 1 is 1.14 bits per heavy atom. The molecule has 0 N–H and O–H groups in total. The molecule has 0 radical (unpaired) electrons. The van der Waals surface area contributed by atoms with Crippen LogP contribution < -0.4 is 9.64 Å². The van der Waals surface area contributed by atoms with Crippen LogP contribution in [0.5, 0.6) is 5.75 Å². The summed E-state index contributed by atoms with van der Waals surface area (Å²) in [6.45, 7) is 4.49. The van der Waals surface area contributed by atoms with Gasteiger partial charge in [0.15, 0.2) is 5.13 Å². The van der Waals surface area contributed by atoms with E-state index in [-0.39, 0.29) is 12.3 Å². The van der Waals surface area contributed by atoms with Gasteiger partial charge in [0.1, 0.15) is 11.5 Å². The second kappa shape index (κ2) is 8.09. The molecule has 5 nitrogen and oxygen atoms in total. The number of methoxy groups -OCH3 is 1. The molecule has 2 aromatic carbocycles. The Balaban J connectivity index is 1.67. The summed E-state index contributed by atoms with van der Waals surface area (Å²) >= 11 is 1.53. The van der Waals surface area contributed by atoms with Gasteiger partial charge < -0.3 is 9.15 Å². The number of amides is 1. The van der Waals surface area contributed by atoms with Crippen LogP contribution in [0.4, 0.5) is 5.13 Å². The van der Waals surface area contributed by atoms with Gasteiger partial charge in [0.25, 0.3) is 0 Å². The van der Waals surface area contributed by atoms with Crippen LogP contribution in [0.1, 0.15) is 22.5 Å². The van der Waals surface area contributed by atoms with Crippen LogP contribution in [-0.4, -0.2) is 18.0 Å². The zero-order valence-corrected chi connectivity index (χ0v) is 17.5. The molecule has 6 heteroatoms. The first-order valence-electron chi connectivity index (χ1n) is 9.37. The summed E-state index contributed by atoms with van der Waals surface area (Å²) in [5, 5.41) is 0.684. The molecule has 0 aliphatic rings. The van der Waals surface area contributed by atoms with E-state index in [1.807, 2.05) is 36.4 Å². The van der Waals surface area contributed by atoms with Gasteiger partial charge in [-0.3, -0.25) is 9.69 Å². The number of benzene rings is 2. The highest BCUT2D eigenvalue weighted by molar-refractivity contribution is 7.22.